The fraction of sp³-hybridized carbons (Fsp3) is 0.727. The molecule has 0 heterocycles. The molecule has 1 N–H and O–H groups in total. The molecule has 28 heavy (non-hydrogen) atoms. The van der Waals surface area contributed by atoms with Crippen molar-refractivity contribution in [2.75, 3.05) is 0 Å². The predicted molar refractivity (Wildman–Crippen MR) is 113 cm³/mol. The Morgan fingerprint density at radius 3 is 1.75 bits per heavy atom. The molecule has 0 saturated carbocycles. The van der Waals surface area contributed by atoms with Crippen molar-refractivity contribution in [2.45, 2.75) is 109 Å². The third-order valence-corrected chi connectivity index (χ3v) is 6.23. The minimum absolute atomic E-state index is 0.0621. The Morgan fingerprint density at radius 2 is 1.32 bits per heavy atom. The first-order valence-electron chi connectivity index (χ1n) is 10.7. The first-order chi connectivity index (χ1) is 13.3. The molecule has 0 aliphatic carbocycles. The molecule has 0 amide bonds. The molecule has 6 heteroatoms. The number of aryl methyl sites for hydroxylation is 1. The minimum Gasteiger partial charge on any atom is -0.282 e. The third-order valence-electron chi connectivity index (χ3n) is 4.54. The summed E-state index contributed by atoms with van der Waals surface area (Å²) in [6.07, 6.45) is 15.1. The number of hydrogen-bond acceptors (Lipinski definition) is 3. The van der Waals surface area contributed by atoms with E-state index in [-0.39, 0.29) is 4.90 Å². The van der Waals surface area contributed by atoms with Crippen LogP contribution < -0.4 is 0 Å². The molecule has 1 aromatic carbocycles. The van der Waals surface area contributed by atoms with Gasteiger partial charge in [-0.1, -0.05) is 89.3 Å². The number of benzene rings is 1. The quantitative estimate of drug-likeness (QED) is 0.197. The first-order valence-corrected chi connectivity index (χ1v) is 12.8. The molecule has 0 atom stereocenters. The molecule has 0 aliphatic heterocycles. The van der Waals surface area contributed by atoms with Gasteiger partial charge in [-0.05, 0) is 24.5 Å². The van der Waals surface area contributed by atoms with Crippen LogP contribution in [0.3, 0.4) is 0 Å². The molecule has 0 radical (unpaired) electrons. The van der Waals surface area contributed by atoms with Crippen molar-refractivity contribution in [2.24, 2.45) is 0 Å². The fourth-order valence-corrected chi connectivity index (χ4v) is 3.69. The molecule has 0 aliphatic rings. The predicted octanol–water partition coefficient (Wildman–Crippen LogP) is 6.66. The zero-order chi connectivity index (χ0) is 21.3. The van der Waals surface area contributed by atoms with Gasteiger partial charge in [-0.15, -0.1) is 0 Å². The molecule has 161 valence electrons. The van der Waals surface area contributed by atoms with Crippen LogP contribution in [-0.2, 0) is 40.7 Å². The van der Waals surface area contributed by atoms with Gasteiger partial charge in [-0.25, -0.2) is 0 Å². The van der Waals surface area contributed by atoms with Crippen LogP contribution in [0.4, 0.5) is 0 Å². The Bertz CT molecular complexity index is 588. The standard InChI is InChI=1S/C19H32O3S.C3H7O.Ti/c1-2-3-4-5-6-7-8-9-10-11-12-15-18-16-13-14-17-19(18)23(20,21)22;1-3(2)4;/h13-14,16-17H,2-12,15H2,1H3,(H,20,21,22);3H,1-2H3;/q;-1;+1. The molecule has 1 aromatic rings. The topological polar surface area (TPSA) is 63.6 Å². The van der Waals surface area contributed by atoms with Crippen LogP contribution in [0.2, 0.25) is 0 Å². The summed E-state index contributed by atoms with van der Waals surface area (Å²) in [6, 6.07) is 6.73. The van der Waals surface area contributed by atoms with Gasteiger partial charge in [0.15, 0.2) is 0 Å². The van der Waals surface area contributed by atoms with Crippen molar-refractivity contribution in [1.82, 2.24) is 0 Å². The van der Waals surface area contributed by atoms with E-state index in [1.54, 1.807) is 33.0 Å². The van der Waals surface area contributed by atoms with Crippen LogP contribution in [0, 0.1) is 0 Å². The van der Waals surface area contributed by atoms with Crippen LogP contribution in [0.1, 0.15) is 97.0 Å². The summed E-state index contributed by atoms with van der Waals surface area (Å²) < 4.78 is 36.6. The van der Waals surface area contributed by atoms with E-state index in [1.807, 2.05) is 19.9 Å². The van der Waals surface area contributed by atoms with E-state index >= 15 is 0 Å². The summed E-state index contributed by atoms with van der Waals surface area (Å²) in [7, 11) is -4.10. The van der Waals surface area contributed by atoms with Crippen LogP contribution in [-0.4, -0.2) is 19.1 Å². The average molecular weight is 447 g/mol. The number of unbranched alkanes of at least 4 members (excludes halogenated alkanes) is 10. The molecule has 4 nitrogen and oxygen atoms in total. The second kappa shape index (κ2) is 17.6. The maximum atomic E-state index is 11.3. The Labute approximate surface area is 185 Å². The van der Waals surface area contributed by atoms with Crippen molar-refractivity contribution >= 4 is 10.1 Å². The summed E-state index contributed by atoms with van der Waals surface area (Å²) in [6.45, 7) is 6.24. The molecule has 1 rings (SSSR count). The van der Waals surface area contributed by atoms with Crippen molar-refractivity contribution < 1.29 is 37.1 Å². The maximum Gasteiger partial charge on any atom is 0.294 e. The van der Waals surface area contributed by atoms with Crippen molar-refractivity contribution in [3.63, 3.8) is 0 Å². The third kappa shape index (κ3) is 15.7. The smallest absolute Gasteiger partial charge is 0.282 e. The largest absolute Gasteiger partial charge is 0.294 e. The van der Waals surface area contributed by atoms with E-state index < -0.39 is 10.1 Å². The van der Waals surface area contributed by atoms with Crippen LogP contribution in [0.15, 0.2) is 29.2 Å². The van der Waals surface area contributed by atoms with Gasteiger partial charge in [-0.3, -0.25) is 4.55 Å². The zero-order valence-corrected chi connectivity index (χ0v) is 20.3. The second-order valence-electron chi connectivity index (χ2n) is 7.53. The van der Waals surface area contributed by atoms with Crippen molar-refractivity contribution in [3.8, 4) is 0 Å². The summed E-state index contributed by atoms with van der Waals surface area (Å²) in [4.78, 5) is 0.0621. The van der Waals surface area contributed by atoms with E-state index in [0.717, 1.165) is 18.4 Å². The van der Waals surface area contributed by atoms with E-state index in [1.165, 1.54) is 63.9 Å². The van der Waals surface area contributed by atoms with Gasteiger partial charge in [-0.2, -0.15) is 8.42 Å². The van der Waals surface area contributed by atoms with Crippen LogP contribution in [0.25, 0.3) is 0 Å². The normalized spacial score (nSPS) is 11.3. The molecular weight excluding hydrogens is 408 g/mol. The van der Waals surface area contributed by atoms with Crippen LogP contribution in [0.5, 0.6) is 0 Å². The van der Waals surface area contributed by atoms with Gasteiger partial charge >= 0.3 is 44.1 Å². The van der Waals surface area contributed by atoms with Gasteiger partial charge in [0.2, 0.25) is 0 Å². The average Bonchev–Trinajstić information content (AvgIpc) is 2.66. The van der Waals surface area contributed by atoms with Gasteiger partial charge < -0.3 is 0 Å². The molecule has 0 bridgehead atoms. The van der Waals surface area contributed by atoms with E-state index in [9.17, 15) is 13.0 Å². The van der Waals surface area contributed by atoms with E-state index in [0.29, 0.717) is 12.5 Å². The molecule has 0 fully saturated rings. The Hall–Kier alpha value is -0.196. The SMILES string of the molecule is CC(C)[O][Ti].CCCCCCCCCCCCCc1ccccc1S(=O)(=O)O. The van der Waals surface area contributed by atoms with Crippen molar-refractivity contribution in [1.29, 1.82) is 0 Å². The van der Waals surface area contributed by atoms with E-state index in [2.05, 4.69) is 6.92 Å². The fourth-order valence-electron chi connectivity index (χ4n) is 2.94. The second-order valence-corrected chi connectivity index (χ2v) is 9.29. The molecule has 0 spiro atoms. The summed E-state index contributed by atoms with van der Waals surface area (Å²) >= 11 is 1.70. The minimum atomic E-state index is -4.10. The maximum absolute atomic E-state index is 11.3. The molecular formula is C22H39O4STi. The van der Waals surface area contributed by atoms with Gasteiger partial charge in [0.25, 0.3) is 10.1 Å². The zero-order valence-electron chi connectivity index (χ0n) is 18.0. The number of hydrogen-bond donors (Lipinski definition) is 1. The monoisotopic (exact) mass is 447 g/mol. The Balaban J connectivity index is 0.00000129. The summed E-state index contributed by atoms with van der Waals surface area (Å²) in [5, 5.41) is 0. The molecule has 0 unspecified atom stereocenters. The Morgan fingerprint density at radius 1 is 0.893 bits per heavy atom. The van der Waals surface area contributed by atoms with Gasteiger partial charge in [0.05, 0.1) is 4.90 Å². The summed E-state index contributed by atoms with van der Waals surface area (Å²) in [5.74, 6) is 0. The Kier molecular flexibility index (Phi) is 17.5. The first kappa shape index (κ1) is 27.8. The summed E-state index contributed by atoms with van der Waals surface area (Å²) in [5.41, 5.74) is 0.728. The number of rotatable bonds is 14. The van der Waals surface area contributed by atoms with Gasteiger partial charge in [0, 0.05) is 0 Å². The molecule has 0 saturated heterocycles. The van der Waals surface area contributed by atoms with E-state index in [4.69, 9.17) is 3.32 Å². The van der Waals surface area contributed by atoms with Crippen LogP contribution >= 0.6 is 0 Å². The van der Waals surface area contributed by atoms with Gasteiger partial charge in [0.1, 0.15) is 0 Å². The van der Waals surface area contributed by atoms with Crippen molar-refractivity contribution in [3.05, 3.63) is 29.8 Å². The molecule has 0 aromatic heterocycles.